The quantitative estimate of drug-likeness (QED) is 0.297. The van der Waals surface area contributed by atoms with Gasteiger partial charge < -0.3 is 9.47 Å². The van der Waals surface area contributed by atoms with Gasteiger partial charge in [-0.05, 0) is 132 Å². The minimum absolute atomic E-state index is 0.0270. The monoisotopic (exact) mass is 502 g/mol. The second-order valence-corrected chi connectivity index (χ2v) is 11.7. The molecule has 0 atom stereocenters. The summed E-state index contributed by atoms with van der Waals surface area (Å²) in [5, 5.41) is 0. The Hall–Kier alpha value is -1.42. The molecule has 0 aliphatic heterocycles. The van der Waals surface area contributed by atoms with Crippen molar-refractivity contribution >= 4 is 0 Å². The first kappa shape index (κ1) is 27.6. The van der Waals surface area contributed by atoms with Crippen LogP contribution in [0.1, 0.15) is 115 Å². The molecule has 202 valence electrons. The molecule has 4 rings (SSSR count). The Morgan fingerprint density at radius 2 is 1.44 bits per heavy atom. The van der Waals surface area contributed by atoms with E-state index in [1.165, 1.54) is 64.2 Å². The molecule has 3 saturated carbocycles. The highest BCUT2D eigenvalue weighted by Gasteiger charge is 2.33. The van der Waals surface area contributed by atoms with E-state index in [4.69, 9.17) is 9.47 Å². The lowest BCUT2D eigenvalue weighted by Gasteiger charge is -2.38. The van der Waals surface area contributed by atoms with E-state index >= 15 is 0 Å². The summed E-state index contributed by atoms with van der Waals surface area (Å²) >= 11 is 0. The van der Waals surface area contributed by atoms with Crippen molar-refractivity contribution in [2.75, 3.05) is 13.2 Å². The second kappa shape index (κ2) is 13.9. The molecule has 2 nitrogen and oxygen atoms in total. The molecule has 3 aliphatic carbocycles. The van der Waals surface area contributed by atoms with Gasteiger partial charge in [0, 0.05) is 6.61 Å². The zero-order valence-electron chi connectivity index (χ0n) is 22.7. The van der Waals surface area contributed by atoms with E-state index in [-0.39, 0.29) is 11.7 Å². The minimum atomic E-state index is -0.827. The summed E-state index contributed by atoms with van der Waals surface area (Å²) in [5.41, 5.74) is 0.540. The van der Waals surface area contributed by atoms with Gasteiger partial charge in [0.25, 0.3) is 0 Å². The van der Waals surface area contributed by atoms with Crippen molar-refractivity contribution < 1.29 is 18.3 Å². The highest BCUT2D eigenvalue weighted by atomic mass is 19.2. The first-order valence-electron chi connectivity index (χ1n) is 14.9. The van der Waals surface area contributed by atoms with Crippen LogP contribution in [0.2, 0.25) is 0 Å². The van der Waals surface area contributed by atoms with E-state index in [2.05, 4.69) is 19.1 Å². The molecular weight excluding hydrogens is 454 g/mol. The third-order valence-corrected chi connectivity index (χ3v) is 9.49. The van der Waals surface area contributed by atoms with E-state index in [0.29, 0.717) is 18.3 Å². The third kappa shape index (κ3) is 7.33. The molecule has 0 bridgehead atoms. The Kier molecular flexibility index (Phi) is 10.7. The van der Waals surface area contributed by atoms with Gasteiger partial charge in [-0.2, -0.15) is 4.39 Å². The van der Waals surface area contributed by atoms with Crippen molar-refractivity contribution in [1.82, 2.24) is 0 Å². The molecule has 36 heavy (non-hydrogen) atoms. The van der Waals surface area contributed by atoms with Crippen LogP contribution >= 0.6 is 0 Å². The third-order valence-electron chi connectivity index (χ3n) is 9.49. The maximum Gasteiger partial charge on any atom is 0.200 e. The SMILES string of the molecule is C/C=C/CCC1CCC(COC2CCC(C3CCC(c4ccc(OCC)c(F)c4F)CC3)CC2)CC1. The lowest BCUT2D eigenvalue weighted by atomic mass is 9.69. The van der Waals surface area contributed by atoms with Crippen LogP contribution in [0.3, 0.4) is 0 Å². The molecule has 1 aromatic rings. The number of ether oxygens (including phenoxy) is 2. The number of rotatable bonds is 10. The van der Waals surface area contributed by atoms with Gasteiger partial charge in [0.1, 0.15) is 0 Å². The molecule has 0 amide bonds. The Morgan fingerprint density at radius 1 is 0.806 bits per heavy atom. The van der Waals surface area contributed by atoms with E-state index in [9.17, 15) is 8.78 Å². The van der Waals surface area contributed by atoms with Gasteiger partial charge in [-0.25, -0.2) is 4.39 Å². The van der Waals surface area contributed by atoms with E-state index in [0.717, 1.165) is 56.0 Å². The smallest absolute Gasteiger partial charge is 0.200 e. The van der Waals surface area contributed by atoms with E-state index in [1.54, 1.807) is 19.1 Å². The summed E-state index contributed by atoms with van der Waals surface area (Å²) in [6.07, 6.45) is 22.1. The average Bonchev–Trinajstić information content (AvgIpc) is 2.92. The van der Waals surface area contributed by atoms with Gasteiger partial charge in [0.2, 0.25) is 5.82 Å². The number of halogens is 2. The maximum absolute atomic E-state index is 14.7. The molecule has 4 heteroatoms. The number of hydrogen-bond acceptors (Lipinski definition) is 2. The molecule has 0 radical (unpaired) electrons. The summed E-state index contributed by atoms with van der Waals surface area (Å²) in [4.78, 5) is 0. The van der Waals surface area contributed by atoms with Crippen LogP contribution < -0.4 is 4.74 Å². The van der Waals surface area contributed by atoms with Crippen LogP contribution in [0.5, 0.6) is 5.75 Å². The zero-order chi connectivity index (χ0) is 25.3. The van der Waals surface area contributed by atoms with Gasteiger partial charge in [0.05, 0.1) is 12.7 Å². The van der Waals surface area contributed by atoms with Gasteiger partial charge >= 0.3 is 0 Å². The van der Waals surface area contributed by atoms with Crippen molar-refractivity contribution in [3.8, 4) is 5.75 Å². The van der Waals surface area contributed by atoms with Gasteiger partial charge in [-0.3, -0.25) is 0 Å². The molecule has 3 fully saturated rings. The number of hydrogen-bond donors (Lipinski definition) is 0. The Labute approximate surface area is 218 Å². The average molecular weight is 503 g/mol. The molecule has 0 spiro atoms. The molecular formula is C32H48F2O2. The predicted octanol–water partition coefficient (Wildman–Crippen LogP) is 9.38. The fraction of sp³-hybridized carbons (Fsp3) is 0.750. The number of benzene rings is 1. The molecule has 1 aromatic carbocycles. The van der Waals surface area contributed by atoms with Gasteiger partial charge in [-0.15, -0.1) is 0 Å². The first-order valence-corrected chi connectivity index (χ1v) is 14.9. The normalized spacial score (nSPS) is 31.6. The highest BCUT2D eigenvalue weighted by Crippen LogP contribution is 2.44. The van der Waals surface area contributed by atoms with Crippen molar-refractivity contribution in [1.29, 1.82) is 0 Å². The summed E-state index contributed by atoms with van der Waals surface area (Å²) < 4.78 is 40.7. The lowest BCUT2D eigenvalue weighted by molar-refractivity contribution is -0.0165. The molecule has 0 unspecified atom stereocenters. The lowest BCUT2D eigenvalue weighted by Crippen LogP contribution is -2.30. The van der Waals surface area contributed by atoms with Crippen LogP contribution in [0.15, 0.2) is 24.3 Å². The Balaban J connectivity index is 1.14. The molecule has 0 saturated heterocycles. The minimum Gasteiger partial charge on any atom is -0.491 e. The summed E-state index contributed by atoms with van der Waals surface area (Å²) in [7, 11) is 0. The van der Waals surface area contributed by atoms with Crippen LogP contribution in [-0.2, 0) is 4.74 Å². The second-order valence-electron chi connectivity index (χ2n) is 11.7. The van der Waals surface area contributed by atoms with E-state index < -0.39 is 11.6 Å². The standard InChI is InChI=1S/C32H48F2O2/c1-3-5-6-7-23-8-10-24(11-9-23)22-36-28-18-16-26(17-19-28)25-12-14-27(15-13-25)29-20-21-30(35-4-2)32(34)31(29)33/h3,5,20-21,23-28H,4,6-19,22H2,1-2H3/b5-3+. The van der Waals surface area contributed by atoms with Crippen molar-refractivity contribution in [2.45, 2.75) is 116 Å². The summed E-state index contributed by atoms with van der Waals surface area (Å²) in [6, 6.07) is 3.34. The van der Waals surface area contributed by atoms with Crippen molar-refractivity contribution in [2.24, 2.45) is 23.7 Å². The van der Waals surface area contributed by atoms with Crippen LogP contribution in [0.25, 0.3) is 0 Å². The zero-order valence-corrected chi connectivity index (χ0v) is 22.7. The first-order chi connectivity index (χ1) is 17.6. The molecule has 0 heterocycles. The Morgan fingerprint density at radius 3 is 2.08 bits per heavy atom. The maximum atomic E-state index is 14.7. The predicted molar refractivity (Wildman–Crippen MR) is 143 cm³/mol. The number of allylic oxidation sites excluding steroid dienone is 2. The largest absolute Gasteiger partial charge is 0.491 e. The highest BCUT2D eigenvalue weighted by molar-refractivity contribution is 5.33. The van der Waals surface area contributed by atoms with Crippen LogP contribution in [-0.4, -0.2) is 19.3 Å². The topological polar surface area (TPSA) is 18.5 Å². The fourth-order valence-electron chi connectivity index (χ4n) is 7.21. The Bertz CT molecular complexity index is 814. The van der Waals surface area contributed by atoms with E-state index in [1.807, 2.05) is 0 Å². The van der Waals surface area contributed by atoms with Crippen molar-refractivity contribution in [3.05, 3.63) is 41.5 Å². The molecule has 0 N–H and O–H groups in total. The summed E-state index contributed by atoms with van der Waals surface area (Å²) in [5.74, 6) is 1.83. The summed E-state index contributed by atoms with van der Waals surface area (Å²) in [6.45, 7) is 5.20. The van der Waals surface area contributed by atoms with Crippen LogP contribution in [0, 0.1) is 35.3 Å². The van der Waals surface area contributed by atoms with Crippen molar-refractivity contribution in [3.63, 3.8) is 0 Å². The van der Waals surface area contributed by atoms with Gasteiger partial charge in [0.15, 0.2) is 11.6 Å². The van der Waals surface area contributed by atoms with Crippen LogP contribution in [0.4, 0.5) is 8.78 Å². The fourth-order valence-corrected chi connectivity index (χ4v) is 7.21. The molecule has 3 aliphatic rings. The molecule has 0 aromatic heterocycles. The van der Waals surface area contributed by atoms with Gasteiger partial charge in [-0.1, -0.05) is 31.1 Å².